The number of benzene rings is 4. The Morgan fingerprint density at radius 3 is 1.38 bits per heavy atom. The van der Waals surface area contributed by atoms with Gasteiger partial charge in [-0.25, -0.2) is 0 Å². The van der Waals surface area contributed by atoms with E-state index in [1.54, 1.807) is 24.3 Å². The van der Waals surface area contributed by atoms with Crippen LogP contribution in [0.1, 0.15) is 5.56 Å². The zero-order valence-electron chi connectivity index (χ0n) is 15.9. The zero-order valence-corrected chi connectivity index (χ0v) is 15.9. The zero-order chi connectivity index (χ0) is 20.1. The monoisotopic (exact) mass is 384 g/mol. The van der Waals surface area contributed by atoms with E-state index < -0.39 is 0 Å². The summed E-state index contributed by atoms with van der Waals surface area (Å²) in [6.45, 7) is 2.08. The first kappa shape index (κ1) is 18.4. The van der Waals surface area contributed by atoms with E-state index in [-0.39, 0.29) is 5.75 Å². The van der Waals surface area contributed by atoms with E-state index in [9.17, 15) is 5.11 Å². The fraction of sp³-hybridized carbons (Fsp3) is 0.0400. The van der Waals surface area contributed by atoms with Crippen molar-refractivity contribution in [1.82, 2.24) is 0 Å². The SMILES string of the molecule is Cc1ccc(-c2ccc(Oc3ccc(OOc4ccc(O)cc4)cc3)cc2)cc1. The molecule has 0 aromatic heterocycles. The van der Waals surface area contributed by atoms with E-state index in [0.717, 1.165) is 11.3 Å². The second-order valence-corrected chi connectivity index (χ2v) is 6.62. The van der Waals surface area contributed by atoms with Crippen LogP contribution in [0.2, 0.25) is 0 Å². The highest BCUT2D eigenvalue weighted by atomic mass is 17.2. The first-order chi connectivity index (χ1) is 14.2. The third kappa shape index (κ3) is 4.87. The standard InChI is InChI=1S/C25H20O4/c1-18-2-4-19(5-3-18)20-6-10-22(11-7-20)27-23-14-16-25(17-15-23)29-28-24-12-8-21(26)9-13-24/h2-17,26H,1H3. The summed E-state index contributed by atoms with van der Waals surface area (Å²) in [6, 6.07) is 29.9. The molecule has 0 heterocycles. The van der Waals surface area contributed by atoms with Crippen molar-refractivity contribution < 1.29 is 19.6 Å². The van der Waals surface area contributed by atoms with Crippen LogP contribution < -0.4 is 14.5 Å². The third-order valence-electron chi connectivity index (χ3n) is 4.37. The quantitative estimate of drug-likeness (QED) is 0.303. The van der Waals surface area contributed by atoms with Crippen molar-refractivity contribution in [3.05, 3.63) is 103 Å². The van der Waals surface area contributed by atoms with Crippen LogP contribution in [0.5, 0.6) is 28.7 Å². The molecule has 0 unspecified atom stereocenters. The molecule has 4 aromatic carbocycles. The summed E-state index contributed by atoms with van der Waals surface area (Å²) in [5.41, 5.74) is 3.57. The summed E-state index contributed by atoms with van der Waals surface area (Å²) < 4.78 is 5.90. The van der Waals surface area contributed by atoms with E-state index in [2.05, 4.69) is 31.2 Å². The fourth-order valence-electron chi connectivity index (χ4n) is 2.76. The van der Waals surface area contributed by atoms with Gasteiger partial charge in [-0.15, -0.1) is 0 Å². The fourth-order valence-corrected chi connectivity index (χ4v) is 2.76. The Bertz CT molecular complexity index is 1050. The van der Waals surface area contributed by atoms with Crippen molar-refractivity contribution in [2.75, 3.05) is 0 Å². The molecule has 0 bridgehead atoms. The molecule has 0 atom stereocenters. The smallest absolute Gasteiger partial charge is 0.178 e. The predicted molar refractivity (Wildman–Crippen MR) is 112 cm³/mol. The van der Waals surface area contributed by atoms with E-state index in [1.165, 1.54) is 23.3 Å². The van der Waals surface area contributed by atoms with Gasteiger partial charge >= 0.3 is 0 Å². The molecule has 1 N–H and O–H groups in total. The van der Waals surface area contributed by atoms with Crippen LogP contribution in [0.25, 0.3) is 11.1 Å². The van der Waals surface area contributed by atoms with Crippen LogP contribution in [0.3, 0.4) is 0 Å². The largest absolute Gasteiger partial charge is 0.508 e. The van der Waals surface area contributed by atoms with Gasteiger partial charge in [0.25, 0.3) is 0 Å². The number of aryl methyl sites for hydroxylation is 1. The minimum absolute atomic E-state index is 0.172. The Morgan fingerprint density at radius 1 is 0.483 bits per heavy atom. The summed E-state index contributed by atoms with van der Waals surface area (Å²) in [6.07, 6.45) is 0. The topological polar surface area (TPSA) is 47.9 Å². The molecule has 0 aliphatic rings. The Hall–Kier alpha value is -3.92. The van der Waals surface area contributed by atoms with Gasteiger partial charge in [-0.3, -0.25) is 9.78 Å². The van der Waals surface area contributed by atoms with Gasteiger partial charge in [-0.2, -0.15) is 0 Å². The van der Waals surface area contributed by atoms with Crippen molar-refractivity contribution in [3.8, 4) is 39.9 Å². The van der Waals surface area contributed by atoms with E-state index in [4.69, 9.17) is 14.5 Å². The maximum atomic E-state index is 9.27. The number of aromatic hydroxyl groups is 1. The Morgan fingerprint density at radius 2 is 0.862 bits per heavy atom. The molecule has 0 spiro atoms. The van der Waals surface area contributed by atoms with Crippen LogP contribution in [-0.2, 0) is 0 Å². The van der Waals surface area contributed by atoms with E-state index >= 15 is 0 Å². The lowest BCUT2D eigenvalue weighted by Gasteiger charge is -2.09. The van der Waals surface area contributed by atoms with Crippen molar-refractivity contribution in [1.29, 1.82) is 0 Å². The summed E-state index contributed by atoms with van der Waals surface area (Å²) in [7, 11) is 0. The highest BCUT2D eigenvalue weighted by molar-refractivity contribution is 5.64. The van der Waals surface area contributed by atoms with Gasteiger partial charge in [0.15, 0.2) is 11.5 Å². The van der Waals surface area contributed by atoms with Gasteiger partial charge in [0.1, 0.15) is 17.2 Å². The second kappa shape index (κ2) is 8.40. The van der Waals surface area contributed by atoms with Gasteiger partial charge in [0.05, 0.1) is 0 Å². The summed E-state index contributed by atoms with van der Waals surface area (Å²) >= 11 is 0. The highest BCUT2D eigenvalue weighted by Gasteiger charge is 2.03. The first-order valence-corrected chi connectivity index (χ1v) is 9.24. The lowest BCUT2D eigenvalue weighted by atomic mass is 10.0. The van der Waals surface area contributed by atoms with Crippen LogP contribution in [0, 0.1) is 6.92 Å². The number of rotatable bonds is 6. The molecule has 0 radical (unpaired) electrons. The molecule has 4 rings (SSSR count). The average Bonchev–Trinajstić information content (AvgIpc) is 2.76. The number of phenolic OH excluding ortho intramolecular Hbond substituents is 1. The molecular formula is C25H20O4. The number of hydrogen-bond donors (Lipinski definition) is 1. The summed E-state index contributed by atoms with van der Waals surface area (Å²) in [5.74, 6) is 2.67. The van der Waals surface area contributed by atoms with Crippen molar-refractivity contribution in [2.45, 2.75) is 6.92 Å². The van der Waals surface area contributed by atoms with Gasteiger partial charge in [-0.1, -0.05) is 42.0 Å². The molecule has 4 nitrogen and oxygen atoms in total. The number of ether oxygens (including phenoxy) is 1. The maximum absolute atomic E-state index is 9.27. The lowest BCUT2D eigenvalue weighted by molar-refractivity contribution is -0.0999. The molecule has 0 aliphatic carbocycles. The van der Waals surface area contributed by atoms with Crippen molar-refractivity contribution in [2.24, 2.45) is 0 Å². The van der Waals surface area contributed by atoms with Gasteiger partial charge < -0.3 is 9.84 Å². The third-order valence-corrected chi connectivity index (χ3v) is 4.37. The molecule has 0 fully saturated rings. The Labute approximate surface area is 169 Å². The number of hydrogen-bond acceptors (Lipinski definition) is 4. The second-order valence-electron chi connectivity index (χ2n) is 6.62. The molecule has 4 heteroatoms. The van der Waals surface area contributed by atoms with Crippen molar-refractivity contribution >= 4 is 0 Å². The summed E-state index contributed by atoms with van der Waals surface area (Å²) in [5, 5.41) is 9.27. The molecule has 29 heavy (non-hydrogen) atoms. The molecule has 0 saturated heterocycles. The molecule has 0 aliphatic heterocycles. The molecule has 0 amide bonds. The van der Waals surface area contributed by atoms with E-state index in [1.807, 2.05) is 36.4 Å². The van der Waals surface area contributed by atoms with Gasteiger partial charge in [0.2, 0.25) is 0 Å². The van der Waals surface area contributed by atoms with Crippen LogP contribution in [0.15, 0.2) is 97.1 Å². The normalized spacial score (nSPS) is 10.4. The van der Waals surface area contributed by atoms with Crippen molar-refractivity contribution in [3.63, 3.8) is 0 Å². The minimum atomic E-state index is 0.172. The van der Waals surface area contributed by atoms with Crippen LogP contribution in [-0.4, -0.2) is 5.11 Å². The minimum Gasteiger partial charge on any atom is -0.508 e. The van der Waals surface area contributed by atoms with Gasteiger partial charge in [0, 0.05) is 0 Å². The molecule has 144 valence electrons. The molecule has 4 aromatic rings. The Kier molecular flexibility index (Phi) is 5.34. The molecule has 0 saturated carbocycles. The predicted octanol–water partition coefficient (Wildman–Crippen LogP) is 6.53. The van der Waals surface area contributed by atoms with E-state index in [0.29, 0.717) is 17.2 Å². The van der Waals surface area contributed by atoms with Crippen LogP contribution in [0.4, 0.5) is 0 Å². The first-order valence-electron chi connectivity index (χ1n) is 9.24. The van der Waals surface area contributed by atoms with Crippen LogP contribution >= 0.6 is 0 Å². The lowest BCUT2D eigenvalue weighted by Crippen LogP contribution is -1.99. The highest BCUT2D eigenvalue weighted by Crippen LogP contribution is 2.27. The average molecular weight is 384 g/mol. The molecular weight excluding hydrogens is 364 g/mol. The number of phenols is 1. The summed E-state index contributed by atoms with van der Waals surface area (Å²) in [4.78, 5) is 10.5. The van der Waals surface area contributed by atoms with Gasteiger partial charge in [-0.05, 0) is 78.7 Å². The maximum Gasteiger partial charge on any atom is 0.178 e. The Balaban J connectivity index is 1.35.